The van der Waals surface area contributed by atoms with Gasteiger partial charge in [-0.15, -0.1) is 0 Å². The van der Waals surface area contributed by atoms with E-state index in [9.17, 15) is 4.79 Å². The molecule has 0 spiro atoms. The zero-order valence-corrected chi connectivity index (χ0v) is 21.6. The molecule has 4 rings (SSSR count). The first kappa shape index (κ1) is 25.2. The molecule has 1 aromatic heterocycles. The van der Waals surface area contributed by atoms with Crippen LogP contribution in [0.3, 0.4) is 0 Å². The Morgan fingerprint density at radius 1 is 0.943 bits per heavy atom. The van der Waals surface area contributed by atoms with Gasteiger partial charge in [0.1, 0.15) is 0 Å². The lowest BCUT2D eigenvalue weighted by atomic mass is 10.0. The Balaban J connectivity index is 1.41. The number of carbonyl (C=O) groups excluding carboxylic acids is 1. The number of benzene rings is 3. The maximum Gasteiger partial charge on any atom is 0.319 e. The summed E-state index contributed by atoms with van der Waals surface area (Å²) >= 11 is 13.8. The fourth-order valence-electron chi connectivity index (χ4n) is 3.73. The van der Waals surface area contributed by atoms with E-state index in [2.05, 4.69) is 58.5 Å². The molecule has 0 saturated heterocycles. The molecule has 0 saturated carbocycles. The first-order valence-corrected chi connectivity index (χ1v) is 13.2. The molecular weight excluding hydrogens is 499 g/mol. The predicted octanol–water partition coefficient (Wildman–Crippen LogP) is 7.85. The van der Waals surface area contributed by atoms with E-state index in [-0.39, 0.29) is 6.03 Å². The summed E-state index contributed by atoms with van der Waals surface area (Å²) in [6.45, 7) is 3.48. The second-order valence-electron chi connectivity index (χ2n) is 7.75. The van der Waals surface area contributed by atoms with Crippen LogP contribution >= 0.6 is 35.0 Å². The fraction of sp³-hybridized carbons (Fsp3) is 0.185. The second-order valence-corrected chi connectivity index (χ2v) is 9.60. The number of nitrogens with one attached hydrogen (secondary N) is 2. The lowest BCUT2D eigenvalue weighted by molar-refractivity contribution is 0.252. The lowest BCUT2D eigenvalue weighted by Crippen LogP contribution is -2.29. The molecule has 2 amide bonds. The zero-order chi connectivity index (χ0) is 24.6. The molecule has 5 nitrogen and oxygen atoms in total. The maximum atomic E-state index is 12.2. The minimum absolute atomic E-state index is 0.313. The van der Waals surface area contributed by atoms with E-state index in [1.807, 2.05) is 24.3 Å². The molecule has 0 radical (unpaired) electrons. The summed E-state index contributed by atoms with van der Waals surface area (Å²) in [6, 6.07) is 25.5. The molecule has 0 aliphatic carbocycles. The van der Waals surface area contributed by atoms with Crippen molar-refractivity contribution in [1.82, 2.24) is 14.9 Å². The average molecular weight is 526 g/mol. The van der Waals surface area contributed by atoms with E-state index in [0.717, 1.165) is 46.4 Å². The Labute approximate surface area is 219 Å². The van der Waals surface area contributed by atoms with Crippen LogP contribution in [0.15, 0.2) is 84.0 Å². The van der Waals surface area contributed by atoms with Crippen molar-refractivity contribution in [3.63, 3.8) is 0 Å². The number of urea groups is 1. The fourth-order valence-corrected chi connectivity index (χ4v) is 5.08. The number of imidazole rings is 1. The molecule has 0 unspecified atom stereocenters. The quantitative estimate of drug-likeness (QED) is 0.173. The molecule has 0 aliphatic heterocycles. The predicted molar refractivity (Wildman–Crippen MR) is 148 cm³/mol. The third kappa shape index (κ3) is 6.20. The first-order chi connectivity index (χ1) is 17.1. The first-order valence-electron chi connectivity index (χ1n) is 11.4. The summed E-state index contributed by atoms with van der Waals surface area (Å²) in [4.78, 5) is 17.3. The Hall–Kier alpha value is -2.93. The normalized spacial score (nSPS) is 10.8. The van der Waals surface area contributed by atoms with Crippen LogP contribution in [0.25, 0.3) is 22.5 Å². The minimum atomic E-state index is -0.313. The van der Waals surface area contributed by atoms with Crippen molar-refractivity contribution in [3.05, 3.63) is 88.9 Å². The number of rotatable bonds is 9. The summed E-state index contributed by atoms with van der Waals surface area (Å²) in [5.41, 5.74) is 4.83. The van der Waals surface area contributed by atoms with Gasteiger partial charge in [-0.05, 0) is 25.5 Å². The highest BCUT2D eigenvalue weighted by molar-refractivity contribution is 7.99. The van der Waals surface area contributed by atoms with E-state index >= 15 is 0 Å². The van der Waals surface area contributed by atoms with E-state index in [0.29, 0.717) is 22.3 Å². The van der Waals surface area contributed by atoms with Crippen LogP contribution in [0.5, 0.6) is 0 Å². The number of halogens is 2. The molecule has 0 bridgehead atoms. The van der Waals surface area contributed by atoms with Crippen LogP contribution in [0.4, 0.5) is 10.5 Å². The van der Waals surface area contributed by atoms with Gasteiger partial charge in [0.05, 0.1) is 27.1 Å². The van der Waals surface area contributed by atoms with Crippen molar-refractivity contribution in [1.29, 1.82) is 0 Å². The second kappa shape index (κ2) is 12.2. The molecule has 8 heteroatoms. The zero-order valence-electron chi connectivity index (χ0n) is 19.3. The summed E-state index contributed by atoms with van der Waals surface area (Å²) in [6.07, 6.45) is 0.791. The smallest absolute Gasteiger partial charge is 0.319 e. The highest BCUT2D eigenvalue weighted by Gasteiger charge is 2.19. The molecular formula is C27H26Cl2N4OS. The lowest BCUT2D eigenvalue weighted by Gasteiger charge is -2.11. The van der Waals surface area contributed by atoms with E-state index in [4.69, 9.17) is 28.2 Å². The van der Waals surface area contributed by atoms with Gasteiger partial charge in [-0.1, -0.05) is 102 Å². The van der Waals surface area contributed by atoms with E-state index < -0.39 is 0 Å². The monoisotopic (exact) mass is 524 g/mol. The van der Waals surface area contributed by atoms with Gasteiger partial charge in [-0.25, -0.2) is 9.78 Å². The van der Waals surface area contributed by atoms with Crippen molar-refractivity contribution < 1.29 is 4.79 Å². The molecule has 1 heterocycles. The highest BCUT2D eigenvalue weighted by Crippen LogP contribution is 2.36. The molecule has 0 fully saturated rings. The van der Waals surface area contributed by atoms with Crippen LogP contribution in [0.1, 0.15) is 13.3 Å². The van der Waals surface area contributed by atoms with Gasteiger partial charge in [-0.2, -0.15) is 0 Å². The van der Waals surface area contributed by atoms with Crippen molar-refractivity contribution in [2.75, 3.05) is 17.6 Å². The van der Waals surface area contributed by atoms with Crippen molar-refractivity contribution in [2.45, 2.75) is 25.0 Å². The molecule has 2 N–H and O–H groups in total. The van der Waals surface area contributed by atoms with Gasteiger partial charge < -0.3 is 15.2 Å². The average Bonchev–Trinajstić information content (AvgIpc) is 3.26. The van der Waals surface area contributed by atoms with Crippen molar-refractivity contribution >= 4 is 46.7 Å². The number of hydrogen-bond donors (Lipinski definition) is 2. The number of thioether (sulfide) groups is 1. The molecule has 35 heavy (non-hydrogen) atoms. The summed E-state index contributed by atoms with van der Waals surface area (Å²) in [5, 5.41) is 7.31. The topological polar surface area (TPSA) is 59.0 Å². The SMILES string of the molecule is CCn1c(SCCCNC(=O)Nc2cccc(Cl)c2Cl)nc(-c2ccccc2)c1-c1ccccc1. The Morgan fingerprint density at radius 3 is 2.31 bits per heavy atom. The Morgan fingerprint density at radius 2 is 1.63 bits per heavy atom. The summed E-state index contributed by atoms with van der Waals surface area (Å²) in [7, 11) is 0. The molecule has 0 atom stereocenters. The summed E-state index contributed by atoms with van der Waals surface area (Å²) in [5.74, 6) is 0.817. The van der Waals surface area contributed by atoms with Crippen LogP contribution in [-0.4, -0.2) is 27.9 Å². The minimum Gasteiger partial charge on any atom is -0.338 e. The molecule has 180 valence electrons. The van der Waals surface area contributed by atoms with E-state index in [1.165, 1.54) is 0 Å². The number of carbonyl (C=O) groups is 1. The molecule has 3 aromatic carbocycles. The molecule has 4 aromatic rings. The van der Waals surface area contributed by atoms with Crippen LogP contribution < -0.4 is 10.6 Å². The third-order valence-corrected chi connectivity index (χ3v) is 7.26. The van der Waals surface area contributed by atoms with Gasteiger partial charge in [-0.3, -0.25) is 0 Å². The largest absolute Gasteiger partial charge is 0.338 e. The Kier molecular flexibility index (Phi) is 8.74. The van der Waals surface area contributed by atoms with E-state index in [1.54, 1.807) is 30.0 Å². The number of aromatic nitrogens is 2. The van der Waals surface area contributed by atoms with Gasteiger partial charge in [0.2, 0.25) is 0 Å². The number of amides is 2. The van der Waals surface area contributed by atoms with Gasteiger partial charge >= 0.3 is 6.03 Å². The van der Waals surface area contributed by atoms with Crippen LogP contribution in [-0.2, 0) is 6.54 Å². The highest BCUT2D eigenvalue weighted by atomic mass is 35.5. The van der Waals surface area contributed by atoms with Crippen molar-refractivity contribution in [2.24, 2.45) is 0 Å². The standard InChI is InChI=1S/C27H26Cl2N4OS/c1-2-33-25(20-13-7-4-8-14-20)24(19-11-5-3-6-12-19)32-27(33)35-18-10-17-30-26(34)31-22-16-9-15-21(28)23(22)29/h3-9,11-16H,2,10,17-18H2,1H3,(H2,30,31,34). The third-order valence-electron chi connectivity index (χ3n) is 5.38. The number of anilines is 1. The van der Waals surface area contributed by atoms with Gasteiger partial charge in [0, 0.05) is 30.0 Å². The maximum absolute atomic E-state index is 12.2. The van der Waals surface area contributed by atoms with Crippen molar-refractivity contribution in [3.8, 4) is 22.5 Å². The van der Waals surface area contributed by atoms with Crippen LogP contribution in [0.2, 0.25) is 10.0 Å². The van der Waals surface area contributed by atoms with Gasteiger partial charge in [0.15, 0.2) is 5.16 Å². The molecule has 0 aliphatic rings. The van der Waals surface area contributed by atoms with Gasteiger partial charge in [0.25, 0.3) is 0 Å². The summed E-state index contributed by atoms with van der Waals surface area (Å²) < 4.78 is 2.27. The van der Waals surface area contributed by atoms with Crippen LogP contribution in [0, 0.1) is 0 Å². The number of hydrogen-bond acceptors (Lipinski definition) is 3. The Bertz CT molecular complexity index is 1280. The number of nitrogens with zero attached hydrogens (tertiary/aromatic N) is 2.